The lowest BCUT2D eigenvalue weighted by Gasteiger charge is -2.12. The second-order valence-corrected chi connectivity index (χ2v) is 7.47. The van der Waals surface area contributed by atoms with Crippen molar-refractivity contribution in [3.63, 3.8) is 0 Å². The normalized spacial score (nSPS) is 10.7. The van der Waals surface area contributed by atoms with E-state index in [-0.39, 0.29) is 18.2 Å². The zero-order valence-electron chi connectivity index (χ0n) is 18.1. The Hall–Kier alpha value is -3.55. The van der Waals surface area contributed by atoms with E-state index in [4.69, 9.17) is 0 Å². The van der Waals surface area contributed by atoms with Crippen LogP contribution >= 0.6 is 0 Å². The second kappa shape index (κ2) is 8.44. The summed E-state index contributed by atoms with van der Waals surface area (Å²) in [6, 6.07) is 7.38. The summed E-state index contributed by atoms with van der Waals surface area (Å²) in [5.74, 6) is 0.0986. The van der Waals surface area contributed by atoms with E-state index in [1.807, 2.05) is 52.8 Å². The van der Waals surface area contributed by atoms with Crippen molar-refractivity contribution in [1.82, 2.24) is 19.7 Å². The Kier molecular flexibility index (Phi) is 5.96. The molecule has 2 N–H and O–H groups in total. The fraction of sp³-hybridized carbons (Fsp3) is 0.318. The Morgan fingerprint density at radius 3 is 2.23 bits per heavy atom. The molecule has 0 atom stereocenters. The number of nitrogens with zero attached hydrogens (tertiary/aromatic N) is 4. The molecule has 0 saturated heterocycles. The van der Waals surface area contributed by atoms with E-state index in [2.05, 4.69) is 25.7 Å². The lowest BCUT2D eigenvalue weighted by Crippen LogP contribution is -2.18. The standard InChI is InChI=1S/C22H26N6O2/c1-12-7-8-19(25-17(6)29)20(9-12)26-21(30)11-18-15(4)27-28(16(18)5)22-23-13(2)10-14(3)24-22/h7-10H,11H2,1-6H3,(H,25,29)(H,26,30). The lowest BCUT2D eigenvalue weighted by atomic mass is 10.1. The van der Waals surface area contributed by atoms with Gasteiger partial charge in [-0.05, 0) is 58.4 Å². The fourth-order valence-electron chi connectivity index (χ4n) is 3.34. The minimum Gasteiger partial charge on any atom is -0.325 e. The highest BCUT2D eigenvalue weighted by Gasteiger charge is 2.18. The van der Waals surface area contributed by atoms with Crippen LogP contribution in [-0.4, -0.2) is 31.6 Å². The second-order valence-electron chi connectivity index (χ2n) is 7.47. The summed E-state index contributed by atoms with van der Waals surface area (Å²) >= 11 is 0. The van der Waals surface area contributed by atoms with E-state index >= 15 is 0 Å². The van der Waals surface area contributed by atoms with E-state index < -0.39 is 0 Å². The minimum atomic E-state index is -0.198. The Morgan fingerprint density at radius 2 is 1.60 bits per heavy atom. The molecule has 0 aliphatic carbocycles. The van der Waals surface area contributed by atoms with Gasteiger partial charge < -0.3 is 10.6 Å². The van der Waals surface area contributed by atoms with Crippen molar-refractivity contribution in [2.75, 3.05) is 10.6 Å². The summed E-state index contributed by atoms with van der Waals surface area (Å²) < 4.78 is 1.67. The third-order valence-corrected chi connectivity index (χ3v) is 4.70. The van der Waals surface area contributed by atoms with Crippen molar-refractivity contribution < 1.29 is 9.59 Å². The SMILES string of the molecule is CC(=O)Nc1ccc(C)cc1NC(=O)Cc1c(C)nn(-c2nc(C)cc(C)n2)c1C. The van der Waals surface area contributed by atoms with Gasteiger partial charge in [-0.2, -0.15) is 5.10 Å². The van der Waals surface area contributed by atoms with Crippen LogP contribution in [0.4, 0.5) is 11.4 Å². The molecule has 1 aromatic carbocycles. The third kappa shape index (κ3) is 4.71. The first-order valence-corrected chi connectivity index (χ1v) is 9.70. The summed E-state index contributed by atoms with van der Waals surface area (Å²) in [7, 11) is 0. The first-order valence-electron chi connectivity index (χ1n) is 9.70. The highest BCUT2D eigenvalue weighted by molar-refractivity contribution is 5.99. The molecule has 0 radical (unpaired) electrons. The number of rotatable bonds is 5. The summed E-state index contributed by atoms with van der Waals surface area (Å²) in [6.45, 7) is 10.9. The Bertz CT molecular complexity index is 1110. The maximum Gasteiger partial charge on any atom is 0.251 e. The van der Waals surface area contributed by atoms with Crippen LogP contribution < -0.4 is 10.6 Å². The van der Waals surface area contributed by atoms with Gasteiger partial charge in [-0.1, -0.05) is 6.07 Å². The number of hydrogen-bond donors (Lipinski definition) is 2. The molecule has 8 heteroatoms. The van der Waals surface area contributed by atoms with E-state index in [9.17, 15) is 9.59 Å². The highest BCUT2D eigenvalue weighted by atomic mass is 16.2. The number of hydrogen-bond acceptors (Lipinski definition) is 5. The summed E-state index contributed by atoms with van der Waals surface area (Å²) in [5, 5.41) is 10.2. The zero-order chi connectivity index (χ0) is 22.0. The molecule has 30 heavy (non-hydrogen) atoms. The van der Waals surface area contributed by atoms with Crippen LogP contribution in [0.1, 0.15) is 40.8 Å². The van der Waals surface area contributed by atoms with Crippen molar-refractivity contribution in [3.05, 3.63) is 58.2 Å². The molecule has 0 aliphatic heterocycles. The van der Waals surface area contributed by atoms with E-state index in [0.29, 0.717) is 17.3 Å². The average Bonchev–Trinajstić information content (AvgIpc) is 2.91. The third-order valence-electron chi connectivity index (χ3n) is 4.70. The summed E-state index contributed by atoms with van der Waals surface area (Å²) in [5.41, 5.74) is 6.21. The number of aromatic nitrogens is 4. The van der Waals surface area contributed by atoms with Gasteiger partial charge in [-0.25, -0.2) is 14.6 Å². The van der Waals surface area contributed by atoms with Crippen LogP contribution in [-0.2, 0) is 16.0 Å². The minimum absolute atomic E-state index is 0.149. The quantitative estimate of drug-likeness (QED) is 0.677. The van der Waals surface area contributed by atoms with Gasteiger partial charge in [-0.15, -0.1) is 0 Å². The Labute approximate surface area is 175 Å². The number of benzene rings is 1. The van der Waals surface area contributed by atoms with Gasteiger partial charge in [0.2, 0.25) is 11.8 Å². The van der Waals surface area contributed by atoms with Gasteiger partial charge in [0.1, 0.15) is 0 Å². The monoisotopic (exact) mass is 406 g/mol. The summed E-state index contributed by atoms with van der Waals surface area (Å²) in [6.07, 6.45) is 0.149. The predicted molar refractivity (Wildman–Crippen MR) is 116 cm³/mol. The van der Waals surface area contributed by atoms with Gasteiger partial charge in [0, 0.05) is 29.6 Å². The summed E-state index contributed by atoms with van der Waals surface area (Å²) in [4.78, 5) is 33.2. The van der Waals surface area contributed by atoms with Crippen LogP contribution in [0, 0.1) is 34.6 Å². The fourth-order valence-corrected chi connectivity index (χ4v) is 3.34. The van der Waals surface area contributed by atoms with Crippen LogP contribution in [0.3, 0.4) is 0 Å². The molecular weight excluding hydrogens is 380 g/mol. The van der Waals surface area contributed by atoms with E-state index in [1.165, 1.54) is 6.92 Å². The molecule has 156 valence electrons. The molecule has 8 nitrogen and oxygen atoms in total. The molecule has 0 bridgehead atoms. The molecular formula is C22H26N6O2. The molecule has 2 aromatic heterocycles. The van der Waals surface area contributed by atoms with Gasteiger partial charge in [0.05, 0.1) is 23.5 Å². The maximum absolute atomic E-state index is 12.8. The first-order chi connectivity index (χ1) is 14.1. The van der Waals surface area contributed by atoms with Gasteiger partial charge >= 0.3 is 0 Å². The average molecular weight is 406 g/mol. The molecule has 2 heterocycles. The largest absolute Gasteiger partial charge is 0.325 e. The number of nitrogens with one attached hydrogen (secondary N) is 2. The topological polar surface area (TPSA) is 102 Å². The first kappa shape index (κ1) is 21.2. The zero-order valence-corrected chi connectivity index (χ0v) is 18.1. The molecule has 3 aromatic rings. The van der Waals surface area contributed by atoms with Crippen molar-refractivity contribution in [1.29, 1.82) is 0 Å². The van der Waals surface area contributed by atoms with Crippen LogP contribution in [0.2, 0.25) is 0 Å². The molecule has 0 spiro atoms. The Balaban J connectivity index is 1.86. The van der Waals surface area contributed by atoms with Crippen LogP contribution in [0.5, 0.6) is 0 Å². The molecule has 3 rings (SSSR count). The number of carbonyl (C=O) groups excluding carboxylic acids is 2. The van der Waals surface area contributed by atoms with Crippen molar-refractivity contribution >= 4 is 23.2 Å². The number of aryl methyl sites for hydroxylation is 4. The van der Waals surface area contributed by atoms with E-state index in [0.717, 1.165) is 33.9 Å². The number of amides is 2. The van der Waals surface area contributed by atoms with Crippen molar-refractivity contribution in [2.24, 2.45) is 0 Å². The van der Waals surface area contributed by atoms with Crippen LogP contribution in [0.15, 0.2) is 24.3 Å². The van der Waals surface area contributed by atoms with Crippen molar-refractivity contribution in [2.45, 2.75) is 48.0 Å². The van der Waals surface area contributed by atoms with Gasteiger partial charge in [0.25, 0.3) is 5.95 Å². The van der Waals surface area contributed by atoms with Gasteiger partial charge in [0.15, 0.2) is 0 Å². The molecule has 2 amide bonds. The molecule has 0 unspecified atom stereocenters. The smallest absolute Gasteiger partial charge is 0.251 e. The highest BCUT2D eigenvalue weighted by Crippen LogP contribution is 2.24. The molecule has 0 fully saturated rings. The maximum atomic E-state index is 12.8. The van der Waals surface area contributed by atoms with E-state index in [1.54, 1.807) is 10.7 Å². The number of anilines is 2. The number of carbonyl (C=O) groups is 2. The molecule has 0 saturated carbocycles. The molecule has 0 aliphatic rings. The van der Waals surface area contributed by atoms with Crippen LogP contribution in [0.25, 0.3) is 5.95 Å². The lowest BCUT2D eigenvalue weighted by molar-refractivity contribution is -0.116. The van der Waals surface area contributed by atoms with Crippen molar-refractivity contribution in [3.8, 4) is 5.95 Å². The predicted octanol–water partition coefficient (Wildman–Crippen LogP) is 3.34. The van der Waals surface area contributed by atoms with Gasteiger partial charge in [-0.3, -0.25) is 9.59 Å². The Morgan fingerprint density at radius 1 is 0.933 bits per heavy atom.